The summed E-state index contributed by atoms with van der Waals surface area (Å²) in [6, 6.07) is 4.35. The van der Waals surface area contributed by atoms with Gasteiger partial charge in [-0.3, -0.25) is 0 Å². The molecule has 2 rings (SSSR count). The molecule has 7 heteroatoms. The van der Waals surface area contributed by atoms with Crippen LogP contribution in [0.1, 0.15) is 19.0 Å². The molecule has 1 aromatic carbocycles. The SMILES string of the molecule is CCCNc1cc(C(F)(F)F)nc2c(OC)ccc(Br)c12. The monoisotopic (exact) mass is 362 g/mol. The number of hydrogen-bond acceptors (Lipinski definition) is 3. The fourth-order valence-corrected chi connectivity index (χ4v) is 2.52. The van der Waals surface area contributed by atoms with Crippen molar-refractivity contribution in [2.75, 3.05) is 19.0 Å². The Labute approximate surface area is 128 Å². The van der Waals surface area contributed by atoms with E-state index in [-0.39, 0.29) is 5.52 Å². The average molecular weight is 363 g/mol. The van der Waals surface area contributed by atoms with Crippen molar-refractivity contribution in [2.45, 2.75) is 19.5 Å². The number of pyridine rings is 1. The van der Waals surface area contributed by atoms with Gasteiger partial charge in [-0.15, -0.1) is 0 Å². The predicted octanol–water partition coefficient (Wildman–Crippen LogP) is 4.85. The van der Waals surface area contributed by atoms with Crippen molar-refractivity contribution in [1.29, 1.82) is 0 Å². The van der Waals surface area contributed by atoms with Crippen molar-refractivity contribution in [1.82, 2.24) is 4.98 Å². The number of hydrogen-bond donors (Lipinski definition) is 1. The van der Waals surface area contributed by atoms with Crippen molar-refractivity contribution < 1.29 is 17.9 Å². The Morgan fingerprint density at radius 2 is 2.05 bits per heavy atom. The van der Waals surface area contributed by atoms with Crippen molar-refractivity contribution in [3.05, 3.63) is 28.4 Å². The average Bonchev–Trinajstić information content (AvgIpc) is 2.43. The molecule has 0 saturated heterocycles. The number of rotatable bonds is 4. The molecule has 3 nitrogen and oxygen atoms in total. The molecule has 114 valence electrons. The van der Waals surface area contributed by atoms with Gasteiger partial charge in [-0.25, -0.2) is 4.98 Å². The van der Waals surface area contributed by atoms with Gasteiger partial charge >= 0.3 is 6.18 Å². The summed E-state index contributed by atoms with van der Waals surface area (Å²) >= 11 is 3.36. The lowest BCUT2D eigenvalue weighted by atomic mass is 10.1. The number of fused-ring (bicyclic) bond motifs is 1. The molecule has 1 aromatic heterocycles. The van der Waals surface area contributed by atoms with Crippen LogP contribution in [0.5, 0.6) is 5.75 Å². The normalized spacial score (nSPS) is 11.7. The van der Waals surface area contributed by atoms with Crippen molar-refractivity contribution >= 4 is 32.5 Å². The fourth-order valence-electron chi connectivity index (χ4n) is 1.99. The quantitative estimate of drug-likeness (QED) is 0.844. The first-order valence-corrected chi connectivity index (χ1v) is 7.16. The lowest BCUT2D eigenvalue weighted by molar-refractivity contribution is -0.140. The zero-order valence-electron chi connectivity index (χ0n) is 11.5. The van der Waals surface area contributed by atoms with Gasteiger partial charge in [0.2, 0.25) is 0 Å². The number of anilines is 1. The molecule has 0 unspecified atom stereocenters. The second-order valence-corrected chi connectivity index (χ2v) is 5.31. The third kappa shape index (κ3) is 3.23. The summed E-state index contributed by atoms with van der Waals surface area (Å²) in [5.74, 6) is 0.304. The summed E-state index contributed by atoms with van der Waals surface area (Å²) < 4.78 is 44.8. The van der Waals surface area contributed by atoms with E-state index in [1.165, 1.54) is 7.11 Å². The molecule has 0 atom stereocenters. The molecule has 0 fully saturated rings. The molecule has 0 amide bonds. The van der Waals surface area contributed by atoms with Crippen LogP contribution >= 0.6 is 15.9 Å². The van der Waals surface area contributed by atoms with Crippen molar-refractivity contribution in [3.8, 4) is 5.75 Å². The predicted molar refractivity (Wildman–Crippen MR) is 79.8 cm³/mol. The highest BCUT2D eigenvalue weighted by Crippen LogP contribution is 2.39. The van der Waals surface area contributed by atoms with E-state index in [0.29, 0.717) is 27.8 Å². The lowest BCUT2D eigenvalue weighted by Gasteiger charge is -2.15. The van der Waals surface area contributed by atoms with E-state index in [2.05, 4.69) is 26.2 Å². The molecule has 1 N–H and O–H groups in total. The van der Waals surface area contributed by atoms with Crippen molar-refractivity contribution in [3.63, 3.8) is 0 Å². The van der Waals surface area contributed by atoms with Gasteiger partial charge in [-0.05, 0) is 24.6 Å². The number of halogens is 4. The first-order valence-electron chi connectivity index (χ1n) is 6.36. The fraction of sp³-hybridized carbons (Fsp3) is 0.357. The van der Waals surface area contributed by atoms with Gasteiger partial charge in [0.15, 0.2) is 0 Å². The number of nitrogens with zero attached hydrogens (tertiary/aromatic N) is 1. The number of methoxy groups -OCH3 is 1. The van der Waals surface area contributed by atoms with Crippen LogP contribution < -0.4 is 10.1 Å². The molecule has 2 aromatic rings. The van der Waals surface area contributed by atoms with Gasteiger partial charge < -0.3 is 10.1 Å². The smallest absolute Gasteiger partial charge is 0.433 e. The zero-order valence-corrected chi connectivity index (χ0v) is 13.1. The van der Waals surface area contributed by atoms with Crippen LogP contribution in [0.3, 0.4) is 0 Å². The molecule has 1 heterocycles. The van der Waals surface area contributed by atoms with Crippen LogP contribution in [-0.4, -0.2) is 18.6 Å². The number of aromatic nitrogens is 1. The molecule has 21 heavy (non-hydrogen) atoms. The van der Waals surface area contributed by atoms with Gasteiger partial charge in [-0.1, -0.05) is 22.9 Å². The maximum Gasteiger partial charge on any atom is 0.433 e. The number of nitrogens with one attached hydrogen (secondary N) is 1. The summed E-state index contributed by atoms with van der Waals surface area (Å²) in [6.45, 7) is 2.51. The minimum absolute atomic E-state index is 0.181. The molecule has 0 saturated carbocycles. The van der Waals surface area contributed by atoms with E-state index >= 15 is 0 Å². The molecular weight excluding hydrogens is 349 g/mol. The van der Waals surface area contributed by atoms with Crippen LogP contribution in [-0.2, 0) is 6.18 Å². The second kappa shape index (κ2) is 6.09. The van der Waals surface area contributed by atoms with Crippen LogP contribution in [0.2, 0.25) is 0 Å². The summed E-state index contributed by atoms with van der Waals surface area (Å²) in [6.07, 6.45) is -3.71. The van der Waals surface area contributed by atoms with Gasteiger partial charge in [0.25, 0.3) is 0 Å². The van der Waals surface area contributed by atoms with Crippen LogP contribution in [0, 0.1) is 0 Å². The Bertz CT molecular complexity index is 659. The largest absolute Gasteiger partial charge is 0.494 e. The minimum Gasteiger partial charge on any atom is -0.494 e. The summed E-state index contributed by atoms with van der Waals surface area (Å²) in [4.78, 5) is 3.73. The summed E-state index contributed by atoms with van der Waals surface area (Å²) in [5.41, 5.74) is -0.370. The van der Waals surface area contributed by atoms with E-state index in [1.807, 2.05) is 6.92 Å². The molecule has 0 radical (unpaired) electrons. The van der Waals surface area contributed by atoms with Gasteiger partial charge in [0.1, 0.15) is 17.0 Å². The first kappa shape index (κ1) is 15.9. The molecular formula is C14H14BrF3N2O. The second-order valence-electron chi connectivity index (χ2n) is 4.45. The van der Waals surface area contributed by atoms with Gasteiger partial charge in [-0.2, -0.15) is 13.2 Å². The van der Waals surface area contributed by atoms with E-state index in [9.17, 15) is 13.2 Å². The highest BCUT2D eigenvalue weighted by molar-refractivity contribution is 9.10. The highest BCUT2D eigenvalue weighted by Gasteiger charge is 2.34. The molecule has 0 aliphatic heterocycles. The molecule has 0 aliphatic carbocycles. The number of alkyl halides is 3. The van der Waals surface area contributed by atoms with Crippen LogP contribution in [0.4, 0.5) is 18.9 Å². The number of ether oxygens (including phenoxy) is 1. The minimum atomic E-state index is -4.51. The Balaban J connectivity index is 2.77. The lowest BCUT2D eigenvalue weighted by Crippen LogP contribution is -2.11. The topological polar surface area (TPSA) is 34.2 Å². The van der Waals surface area contributed by atoms with E-state index in [1.54, 1.807) is 12.1 Å². The van der Waals surface area contributed by atoms with Crippen molar-refractivity contribution in [2.24, 2.45) is 0 Å². The summed E-state index contributed by atoms with van der Waals surface area (Å²) in [5, 5.41) is 3.60. The van der Waals surface area contributed by atoms with E-state index in [4.69, 9.17) is 4.74 Å². The molecule has 0 bridgehead atoms. The highest BCUT2D eigenvalue weighted by atomic mass is 79.9. The Kier molecular flexibility index (Phi) is 4.61. The Morgan fingerprint density at radius 3 is 2.62 bits per heavy atom. The van der Waals surface area contributed by atoms with E-state index in [0.717, 1.165) is 12.5 Å². The Morgan fingerprint density at radius 1 is 1.33 bits per heavy atom. The van der Waals surface area contributed by atoms with Gasteiger partial charge in [0, 0.05) is 22.1 Å². The third-order valence-corrected chi connectivity index (χ3v) is 3.61. The summed E-state index contributed by atoms with van der Waals surface area (Å²) in [7, 11) is 1.41. The third-order valence-electron chi connectivity index (χ3n) is 2.95. The van der Waals surface area contributed by atoms with Crippen LogP contribution in [0.15, 0.2) is 22.7 Å². The first-order chi connectivity index (χ1) is 9.88. The molecule has 0 aliphatic rings. The van der Waals surface area contributed by atoms with Gasteiger partial charge in [0.05, 0.1) is 7.11 Å². The van der Waals surface area contributed by atoms with E-state index < -0.39 is 11.9 Å². The standard InChI is InChI=1S/C14H14BrF3N2O/c1-3-6-19-9-7-11(14(16,17)18)20-13-10(21-2)5-4-8(15)12(9)13/h4-5,7H,3,6H2,1-2H3,(H,19,20). The molecule has 0 spiro atoms. The zero-order chi connectivity index (χ0) is 15.6. The number of benzene rings is 1. The maximum atomic E-state index is 13.0. The Hall–Kier alpha value is -1.50. The van der Waals surface area contributed by atoms with Crippen LogP contribution in [0.25, 0.3) is 10.9 Å². The maximum absolute atomic E-state index is 13.0.